The number of nitrogens with one attached hydrogen (secondary N) is 1. The highest BCUT2D eigenvalue weighted by Crippen LogP contribution is 2.14. The van der Waals surface area contributed by atoms with E-state index in [1.807, 2.05) is 6.07 Å². The second-order valence-electron chi connectivity index (χ2n) is 5.02. The quantitative estimate of drug-likeness (QED) is 0.917. The second-order valence-corrected chi connectivity index (χ2v) is 5.02. The fraction of sp³-hybridized carbons (Fsp3) is 0.400. The van der Waals surface area contributed by atoms with E-state index < -0.39 is 0 Å². The van der Waals surface area contributed by atoms with Gasteiger partial charge in [0.25, 0.3) is 5.91 Å². The number of aryl methyl sites for hydroxylation is 2. The van der Waals surface area contributed by atoms with Crippen molar-refractivity contribution >= 4 is 5.91 Å². The number of hydrogen-bond donors (Lipinski definition) is 1. The number of imidazole rings is 1. The molecule has 0 spiro atoms. The van der Waals surface area contributed by atoms with Crippen molar-refractivity contribution in [2.75, 3.05) is 6.54 Å². The summed E-state index contributed by atoms with van der Waals surface area (Å²) in [5.74, 6) is 1.05. The van der Waals surface area contributed by atoms with Crippen molar-refractivity contribution in [2.24, 2.45) is 0 Å². The molecule has 0 bridgehead atoms. The SMILES string of the molecule is O=C(NCCc1cn2c(n1)CCCC2)c1ccccn1. The molecule has 104 valence electrons. The van der Waals surface area contributed by atoms with E-state index in [0.717, 1.165) is 25.1 Å². The van der Waals surface area contributed by atoms with Crippen molar-refractivity contribution in [3.8, 4) is 0 Å². The van der Waals surface area contributed by atoms with Gasteiger partial charge in [0.15, 0.2) is 0 Å². The lowest BCUT2D eigenvalue weighted by Gasteiger charge is -2.11. The monoisotopic (exact) mass is 270 g/mol. The average Bonchev–Trinajstić information content (AvgIpc) is 2.90. The molecule has 0 unspecified atom stereocenters. The van der Waals surface area contributed by atoms with Crippen LogP contribution in [0.5, 0.6) is 0 Å². The van der Waals surface area contributed by atoms with Crippen molar-refractivity contribution in [2.45, 2.75) is 32.2 Å². The smallest absolute Gasteiger partial charge is 0.269 e. The number of carbonyl (C=O) groups is 1. The summed E-state index contributed by atoms with van der Waals surface area (Å²) in [7, 11) is 0. The lowest BCUT2D eigenvalue weighted by atomic mass is 10.2. The third-order valence-corrected chi connectivity index (χ3v) is 3.52. The minimum absolute atomic E-state index is 0.130. The topological polar surface area (TPSA) is 59.8 Å². The van der Waals surface area contributed by atoms with Crippen LogP contribution in [0.4, 0.5) is 0 Å². The molecular weight excluding hydrogens is 252 g/mol. The Morgan fingerprint density at radius 1 is 1.35 bits per heavy atom. The zero-order valence-electron chi connectivity index (χ0n) is 11.4. The molecule has 1 amide bonds. The Morgan fingerprint density at radius 2 is 2.30 bits per heavy atom. The first-order valence-corrected chi connectivity index (χ1v) is 7.07. The van der Waals surface area contributed by atoms with Gasteiger partial charge in [-0.1, -0.05) is 6.07 Å². The van der Waals surface area contributed by atoms with Gasteiger partial charge < -0.3 is 9.88 Å². The zero-order valence-corrected chi connectivity index (χ0v) is 11.4. The summed E-state index contributed by atoms with van der Waals surface area (Å²) in [4.78, 5) is 20.5. The van der Waals surface area contributed by atoms with E-state index in [1.54, 1.807) is 18.3 Å². The van der Waals surface area contributed by atoms with Gasteiger partial charge >= 0.3 is 0 Å². The summed E-state index contributed by atoms with van der Waals surface area (Å²) < 4.78 is 2.24. The minimum Gasteiger partial charge on any atom is -0.350 e. The predicted octanol–water partition coefficient (Wildman–Crippen LogP) is 1.59. The number of fused-ring (bicyclic) bond motifs is 1. The van der Waals surface area contributed by atoms with Gasteiger partial charge in [0.1, 0.15) is 11.5 Å². The predicted molar refractivity (Wildman–Crippen MR) is 75.4 cm³/mol. The normalized spacial score (nSPS) is 13.8. The molecule has 5 heteroatoms. The maximum Gasteiger partial charge on any atom is 0.269 e. The molecule has 0 fully saturated rings. The summed E-state index contributed by atoms with van der Waals surface area (Å²) in [5.41, 5.74) is 1.51. The molecule has 1 N–H and O–H groups in total. The summed E-state index contributed by atoms with van der Waals surface area (Å²) in [6, 6.07) is 5.32. The van der Waals surface area contributed by atoms with Crippen LogP contribution in [0.25, 0.3) is 0 Å². The standard InChI is InChI=1S/C15H18N4O/c20-15(13-5-1-3-8-16-13)17-9-7-12-11-19-10-4-2-6-14(19)18-12/h1,3,5,8,11H,2,4,6-7,9-10H2,(H,17,20). The van der Waals surface area contributed by atoms with E-state index in [0.29, 0.717) is 12.2 Å². The van der Waals surface area contributed by atoms with Gasteiger partial charge in [-0.25, -0.2) is 4.98 Å². The van der Waals surface area contributed by atoms with Crippen molar-refractivity contribution in [3.63, 3.8) is 0 Å². The van der Waals surface area contributed by atoms with Gasteiger partial charge in [-0.2, -0.15) is 0 Å². The zero-order chi connectivity index (χ0) is 13.8. The first kappa shape index (κ1) is 12.8. The number of amides is 1. The molecule has 3 rings (SSSR count). The molecule has 0 aliphatic carbocycles. The van der Waals surface area contributed by atoms with Crippen molar-refractivity contribution < 1.29 is 4.79 Å². The molecule has 0 saturated carbocycles. The van der Waals surface area contributed by atoms with Crippen LogP contribution in [-0.4, -0.2) is 27.0 Å². The van der Waals surface area contributed by atoms with E-state index in [1.165, 1.54) is 18.7 Å². The van der Waals surface area contributed by atoms with Gasteiger partial charge in [-0.3, -0.25) is 9.78 Å². The van der Waals surface area contributed by atoms with E-state index in [4.69, 9.17) is 0 Å². The molecule has 1 aliphatic heterocycles. The van der Waals surface area contributed by atoms with E-state index in [2.05, 4.69) is 26.0 Å². The van der Waals surface area contributed by atoms with Crippen molar-refractivity contribution in [1.82, 2.24) is 19.9 Å². The fourth-order valence-electron chi connectivity index (χ4n) is 2.48. The number of pyridine rings is 1. The van der Waals surface area contributed by atoms with Crippen LogP contribution in [0.3, 0.4) is 0 Å². The van der Waals surface area contributed by atoms with Gasteiger partial charge in [0, 0.05) is 38.3 Å². The van der Waals surface area contributed by atoms with E-state index >= 15 is 0 Å². The molecule has 20 heavy (non-hydrogen) atoms. The second kappa shape index (κ2) is 5.86. The Hall–Kier alpha value is -2.17. The fourth-order valence-corrected chi connectivity index (χ4v) is 2.48. The van der Waals surface area contributed by atoms with E-state index in [9.17, 15) is 4.79 Å². The Morgan fingerprint density at radius 3 is 3.10 bits per heavy atom. The Bertz CT molecular complexity index is 568. The Balaban J connectivity index is 1.53. The highest BCUT2D eigenvalue weighted by atomic mass is 16.1. The number of rotatable bonds is 4. The largest absolute Gasteiger partial charge is 0.350 e. The number of nitrogens with zero attached hydrogens (tertiary/aromatic N) is 3. The number of aromatic nitrogens is 3. The first-order chi connectivity index (χ1) is 9.83. The molecule has 2 aromatic rings. The Labute approximate surface area is 118 Å². The molecule has 0 radical (unpaired) electrons. The molecule has 2 aromatic heterocycles. The van der Waals surface area contributed by atoms with Crippen LogP contribution >= 0.6 is 0 Å². The van der Waals surface area contributed by atoms with Crippen LogP contribution < -0.4 is 5.32 Å². The van der Waals surface area contributed by atoms with Crippen LogP contribution in [0.1, 0.15) is 34.8 Å². The molecule has 0 saturated heterocycles. The van der Waals surface area contributed by atoms with Gasteiger partial charge in [0.05, 0.1) is 5.69 Å². The molecule has 3 heterocycles. The van der Waals surface area contributed by atoms with Crippen LogP contribution in [0, 0.1) is 0 Å². The lowest BCUT2D eigenvalue weighted by Crippen LogP contribution is -2.26. The highest BCUT2D eigenvalue weighted by Gasteiger charge is 2.12. The number of hydrogen-bond acceptors (Lipinski definition) is 3. The van der Waals surface area contributed by atoms with E-state index in [-0.39, 0.29) is 5.91 Å². The average molecular weight is 270 g/mol. The minimum atomic E-state index is -0.130. The highest BCUT2D eigenvalue weighted by molar-refractivity contribution is 5.92. The van der Waals surface area contributed by atoms with Gasteiger partial charge in [0.2, 0.25) is 0 Å². The maximum absolute atomic E-state index is 11.8. The summed E-state index contributed by atoms with van der Waals surface area (Å²) in [6.07, 6.45) is 8.03. The number of carbonyl (C=O) groups excluding carboxylic acids is 1. The van der Waals surface area contributed by atoms with Crippen LogP contribution in [0.15, 0.2) is 30.6 Å². The molecule has 0 aromatic carbocycles. The third-order valence-electron chi connectivity index (χ3n) is 3.52. The Kier molecular flexibility index (Phi) is 3.76. The van der Waals surface area contributed by atoms with Crippen LogP contribution in [-0.2, 0) is 19.4 Å². The van der Waals surface area contributed by atoms with Crippen molar-refractivity contribution in [3.05, 3.63) is 47.8 Å². The lowest BCUT2D eigenvalue weighted by molar-refractivity contribution is 0.0949. The molecule has 5 nitrogen and oxygen atoms in total. The van der Waals surface area contributed by atoms with Gasteiger partial charge in [-0.15, -0.1) is 0 Å². The summed E-state index contributed by atoms with van der Waals surface area (Å²) in [5, 5.41) is 2.88. The first-order valence-electron chi connectivity index (χ1n) is 7.07. The maximum atomic E-state index is 11.8. The molecule has 0 atom stereocenters. The summed E-state index contributed by atoms with van der Waals surface area (Å²) >= 11 is 0. The third kappa shape index (κ3) is 2.87. The molecular formula is C15H18N4O. The van der Waals surface area contributed by atoms with Crippen LogP contribution in [0.2, 0.25) is 0 Å². The summed E-state index contributed by atoms with van der Waals surface area (Å²) in [6.45, 7) is 1.66. The van der Waals surface area contributed by atoms with Crippen molar-refractivity contribution in [1.29, 1.82) is 0 Å². The van der Waals surface area contributed by atoms with Gasteiger partial charge in [-0.05, 0) is 25.0 Å². The molecule has 1 aliphatic rings.